The fourth-order valence-electron chi connectivity index (χ4n) is 3.11. The van der Waals surface area contributed by atoms with Crippen molar-refractivity contribution in [1.29, 1.82) is 0 Å². The summed E-state index contributed by atoms with van der Waals surface area (Å²) >= 11 is 0. The second kappa shape index (κ2) is 10.1. The van der Waals surface area contributed by atoms with Gasteiger partial charge in [0, 0.05) is 62.6 Å². The zero-order valence-corrected chi connectivity index (χ0v) is 17.0. The molecule has 1 heterocycles. The summed E-state index contributed by atoms with van der Waals surface area (Å²) in [5.41, 5.74) is 1.32. The van der Waals surface area contributed by atoms with Crippen LogP contribution in [-0.4, -0.2) is 57.6 Å². The predicted octanol–water partition coefficient (Wildman–Crippen LogP) is 2.90. The number of carbonyl (C=O) groups is 2. The minimum Gasteiger partial charge on any atom is -0.336 e. The molecule has 0 N–H and O–H groups in total. The molecule has 1 saturated heterocycles. The maximum Gasteiger partial charge on any atom is 0.269 e. The van der Waals surface area contributed by atoms with Gasteiger partial charge in [0.25, 0.3) is 11.4 Å². The molecule has 0 aromatic heterocycles. The van der Waals surface area contributed by atoms with Gasteiger partial charge in [-0.05, 0) is 47.5 Å². The molecule has 10 nitrogen and oxygen atoms in total. The van der Waals surface area contributed by atoms with E-state index < -0.39 is 9.85 Å². The zero-order chi connectivity index (χ0) is 23.1. The molecule has 0 radical (unpaired) electrons. The van der Waals surface area contributed by atoms with E-state index in [2.05, 4.69) is 0 Å². The van der Waals surface area contributed by atoms with Crippen molar-refractivity contribution >= 4 is 35.3 Å². The smallest absolute Gasteiger partial charge is 0.269 e. The molecule has 2 amide bonds. The van der Waals surface area contributed by atoms with E-state index in [1.165, 1.54) is 36.4 Å². The van der Waals surface area contributed by atoms with Crippen molar-refractivity contribution in [2.75, 3.05) is 26.2 Å². The highest BCUT2D eigenvalue weighted by Crippen LogP contribution is 2.14. The molecular formula is C22H20N4O6. The third-order valence-corrected chi connectivity index (χ3v) is 4.95. The number of carbonyl (C=O) groups excluding carboxylic acids is 2. The lowest BCUT2D eigenvalue weighted by Gasteiger charge is -2.33. The number of hydrogen-bond donors (Lipinski definition) is 0. The van der Waals surface area contributed by atoms with Crippen LogP contribution < -0.4 is 0 Å². The highest BCUT2D eigenvalue weighted by atomic mass is 16.6. The standard InChI is InChI=1S/C22H20N4O6/c27-21(11-5-17-1-7-19(8-2-17)25(29)30)23-13-15-24(16-14-23)22(28)12-6-18-3-9-20(10-4-18)26(31)32/h1-12H,13-16H2/b11-5+,12-6+. The molecule has 2 aromatic rings. The van der Waals surface area contributed by atoms with E-state index in [0.29, 0.717) is 37.3 Å². The molecule has 32 heavy (non-hydrogen) atoms. The molecule has 0 saturated carbocycles. The monoisotopic (exact) mass is 436 g/mol. The van der Waals surface area contributed by atoms with E-state index in [1.54, 1.807) is 46.2 Å². The number of benzene rings is 2. The largest absolute Gasteiger partial charge is 0.336 e. The maximum atomic E-state index is 12.4. The van der Waals surface area contributed by atoms with Crippen LogP contribution in [0.5, 0.6) is 0 Å². The number of nitro groups is 2. The number of amides is 2. The van der Waals surface area contributed by atoms with Crippen molar-refractivity contribution in [2.45, 2.75) is 0 Å². The Balaban J connectivity index is 1.49. The molecule has 0 atom stereocenters. The Morgan fingerprint density at radius 1 is 0.656 bits per heavy atom. The molecular weight excluding hydrogens is 416 g/mol. The van der Waals surface area contributed by atoms with E-state index >= 15 is 0 Å². The number of nitro benzene ring substituents is 2. The highest BCUT2D eigenvalue weighted by molar-refractivity contribution is 5.93. The van der Waals surface area contributed by atoms with Gasteiger partial charge in [-0.25, -0.2) is 0 Å². The van der Waals surface area contributed by atoms with Gasteiger partial charge in [0.1, 0.15) is 0 Å². The van der Waals surface area contributed by atoms with Gasteiger partial charge in [-0.1, -0.05) is 0 Å². The summed E-state index contributed by atoms with van der Waals surface area (Å²) < 4.78 is 0. The summed E-state index contributed by atoms with van der Waals surface area (Å²) in [4.78, 5) is 48.4. The van der Waals surface area contributed by atoms with Gasteiger partial charge < -0.3 is 9.80 Å². The van der Waals surface area contributed by atoms with Crippen LogP contribution in [0.15, 0.2) is 60.7 Å². The lowest BCUT2D eigenvalue weighted by atomic mass is 10.2. The van der Waals surface area contributed by atoms with Crippen molar-refractivity contribution < 1.29 is 19.4 Å². The normalized spacial score (nSPS) is 14.1. The van der Waals surface area contributed by atoms with Crippen LogP contribution in [0.1, 0.15) is 11.1 Å². The van der Waals surface area contributed by atoms with E-state index in [0.717, 1.165) is 0 Å². The van der Waals surface area contributed by atoms with Gasteiger partial charge in [-0.15, -0.1) is 0 Å². The van der Waals surface area contributed by atoms with Gasteiger partial charge in [0.15, 0.2) is 0 Å². The Morgan fingerprint density at radius 2 is 0.969 bits per heavy atom. The zero-order valence-electron chi connectivity index (χ0n) is 17.0. The molecule has 0 aliphatic carbocycles. The van der Waals surface area contributed by atoms with Crippen LogP contribution in [0.25, 0.3) is 12.2 Å². The van der Waals surface area contributed by atoms with E-state index in [9.17, 15) is 29.8 Å². The molecule has 2 aromatic carbocycles. The van der Waals surface area contributed by atoms with Crippen LogP contribution in [0.2, 0.25) is 0 Å². The van der Waals surface area contributed by atoms with Crippen molar-refractivity contribution in [3.63, 3.8) is 0 Å². The molecule has 0 bridgehead atoms. The maximum absolute atomic E-state index is 12.4. The van der Waals surface area contributed by atoms with Crippen molar-refractivity contribution in [1.82, 2.24) is 9.80 Å². The molecule has 0 spiro atoms. The molecule has 1 aliphatic rings. The second-order valence-corrected chi connectivity index (χ2v) is 7.01. The van der Waals surface area contributed by atoms with Gasteiger partial charge >= 0.3 is 0 Å². The SMILES string of the molecule is O=C(/C=C/c1ccc([N+](=O)[O-])cc1)N1CCN(C(=O)/C=C/c2ccc([N+](=O)[O-])cc2)CC1. The van der Waals surface area contributed by atoms with Crippen LogP contribution in [0.4, 0.5) is 11.4 Å². The summed E-state index contributed by atoms with van der Waals surface area (Å²) in [6.45, 7) is 1.56. The average molecular weight is 436 g/mol. The van der Waals surface area contributed by atoms with Crippen molar-refractivity contribution in [3.8, 4) is 0 Å². The van der Waals surface area contributed by atoms with Gasteiger partial charge in [0.05, 0.1) is 9.85 Å². The molecule has 0 unspecified atom stereocenters. The summed E-state index contributed by atoms with van der Waals surface area (Å²) in [5.74, 6) is -0.395. The van der Waals surface area contributed by atoms with Crippen molar-refractivity contribution in [2.24, 2.45) is 0 Å². The molecule has 10 heteroatoms. The third-order valence-electron chi connectivity index (χ3n) is 4.95. The number of nitrogens with zero attached hydrogens (tertiary/aromatic N) is 4. The van der Waals surface area contributed by atoms with Gasteiger partial charge in [-0.2, -0.15) is 0 Å². The Bertz CT molecular complexity index is 981. The number of non-ortho nitro benzene ring substituents is 2. The number of hydrogen-bond acceptors (Lipinski definition) is 6. The molecule has 3 rings (SSSR count). The molecule has 1 fully saturated rings. The minimum absolute atomic E-state index is 0.0168. The van der Waals surface area contributed by atoms with E-state index in [1.807, 2.05) is 0 Å². The molecule has 164 valence electrons. The summed E-state index contributed by atoms with van der Waals surface area (Å²) in [5, 5.41) is 21.4. The van der Waals surface area contributed by atoms with E-state index in [4.69, 9.17) is 0 Å². The first-order valence-electron chi connectivity index (χ1n) is 9.76. The van der Waals surface area contributed by atoms with Crippen LogP contribution in [0.3, 0.4) is 0 Å². The van der Waals surface area contributed by atoms with Crippen LogP contribution in [0, 0.1) is 20.2 Å². The Hall–Kier alpha value is -4.34. The number of rotatable bonds is 6. The Kier molecular flexibility index (Phi) is 7.06. The Morgan fingerprint density at radius 3 is 1.25 bits per heavy atom. The lowest BCUT2D eigenvalue weighted by Crippen LogP contribution is -2.49. The third kappa shape index (κ3) is 5.85. The first-order valence-corrected chi connectivity index (χ1v) is 9.76. The lowest BCUT2D eigenvalue weighted by molar-refractivity contribution is -0.385. The summed E-state index contributed by atoms with van der Waals surface area (Å²) in [6.07, 6.45) is 6.01. The fraction of sp³-hybridized carbons (Fsp3) is 0.182. The fourth-order valence-corrected chi connectivity index (χ4v) is 3.11. The predicted molar refractivity (Wildman–Crippen MR) is 117 cm³/mol. The topological polar surface area (TPSA) is 127 Å². The van der Waals surface area contributed by atoms with E-state index in [-0.39, 0.29) is 23.2 Å². The van der Waals surface area contributed by atoms with Crippen molar-refractivity contribution in [3.05, 3.63) is 92.0 Å². The first kappa shape index (κ1) is 22.3. The number of piperazine rings is 1. The quantitative estimate of drug-likeness (QED) is 0.389. The van der Waals surface area contributed by atoms with Gasteiger partial charge in [-0.3, -0.25) is 29.8 Å². The van der Waals surface area contributed by atoms with Crippen LogP contribution >= 0.6 is 0 Å². The van der Waals surface area contributed by atoms with Crippen LogP contribution in [-0.2, 0) is 9.59 Å². The molecule has 1 aliphatic heterocycles. The van der Waals surface area contributed by atoms with Gasteiger partial charge in [0.2, 0.25) is 11.8 Å². The average Bonchev–Trinajstić information content (AvgIpc) is 2.81. The minimum atomic E-state index is -0.486. The summed E-state index contributed by atoms with van der Waals surface area (Å²) in [7, 11) is 0. The highest BCUT2D eigenvalue weighted by Gasteiger charge is 2.21. The first-order chi connectivity index (χ1) is 15.3. The summed E-state index contributed by atoms with van der Waals surface area (Å²) in [6, 6.07) is 11.8. The second-order valence-electron chi connectivity index (χ2n) is 7.01. The Labute approximate surface area is 183 Å².